The molecule has 0 saturated carbocycles. The first-order valence-electron chi connectivity index (χ1n) is 8.20. The standard InChI is InChI=1S/C18H23N3O4S.ClH/c19-16(13-14-7-3-1-4-8-14)17(22)18(23)20-11-12-21-26(24,25)15-9-5-2-6-10-15;/h1-10,16-17,21-22H,11-13,19H2,(H,20,23);1H/t16-,17+;/m0./s1. The van der Waals surface area contributed by atoms with Crippen molar-refractivity contribution in [3.05, 3.63) is 66.2 Å². The van der Waals surface area contributed by atoms with E-state index in [1.54, 1.807) is 18.2 Å². The second kappa shape index (κ2) is 11.0. The molecule has 27 heavy (non-hydrogen) atoms. The van der Waals surface area contributed by atoms with E-state index in [2.05, 4.69) is 10.0 Å². The van der Waals surface area contributed by atoms with Crippen LogP contribution in [-0.4, -0.2) is 44.7 Å². The van der Waals surface area contributed by atoms with Gasteiger partial charge in [0.15, 0.2) is 0 Å². The Balaban J connectivity index is 0.00000364. The number of hydrogen-bond acceptors (Lipinski definition) is 5. The van der Waals surface area contributed by atoms with Crippen LogP contribution < -0.4 is 15.8 Å². The Kier molecular flexibility index (Phi) is 9.40. The van der Waals surface area contributed by atoms with E-state index >= 15 is 0 Å². The molecule has 0 aliphatic carbocycles. The number of aliphatic hydroxyl groups is 1. The quantitative estimate of drug-likeness (QED) is 0.444. The molecule has 0 fully saturated rings. The highest BCUT2D eigenvalue weighted by atomic mass is 35.5. The van der Waals surface area contributed by atoms with Gasteiger partial charge in [-0.1, -0.05) is 48.5 Å². The monoisotopic (exact) mass is 413 g/mol. The number of sulfonamides is 1. The van der Waals surface area contributed by atoms with Crippen molar-refractivity contribution in [2.75, 3.05) is 13.1 Å². The lowest BCUT2D eigenvalue weighted by Gasteiger charge is -2.18. The highest BCUT2D eigenvalue weighted by Crippen LogP contribution is 2.06. The van der Waals surface area contributed by atoms with E-state index in [0.717, 1.165) is 5.56 Å². The molecule has 0 aliphatic heterocycles. The maximum Gasteiger partial charge on any atom is 0.250 e. The number of hydrogen-bond donors (Lipinski definition) is 4. The molecule has 2 aromatic carbocycles. The molecular weight excluding hydrogens is 390 g/mol. The lowest BCUT2D eigenvalue weighted by molar-refractivity contribution is -0.130. The summed E-state index contributed by atoms with van der Waals surface area (Å²) in [5.74, 6) is -0.632. The zero-order chi connectivity index (χ0) is 19.0. The topological polar surface area (TPSA) is 122 Å². The Morgan fingerprint density at radius 3 is 2.15 bits per heavy atom. The van der Waals surface area contributed by atoms with Crippen molar-refractivity contribution >= 4 is 28.3 Å². The SMILES string of the molecule is Cl.N[C@@H](Cc1ccccc1)[C@@H](O)C(=O)NCCNS(=O)(=O)c1ccccc1. The van der Waals surface area contributed by atoms with Gasteiger partial charge in [-0.15, -0.1) is 12.4 Å². The van der Waals surface area contributed by atoms with Crippen LogP contribution in [0.2, 0.25) is 0 Å². The first-order valence-corrected chi connectivity index (χ1v) is 9.68. The zero-order valence-electron chi connectivity index (χ0n) is 14.6. The fourth-order valence-corrected chi connectivity index (χ4v) is 3.40. The van der Waals surface area contributed by atoms with E-state index in [4.69, 9.17) is 5.73 Å². The zero-order valence-corrected chi connectivity index (χ0v) is 16.2. The summed E-state index contributed by atoms with van der Waals surface area (Å²) in [6.45, 7) is 0.0453. The Hall–Kier alpha value is -1.97. The minimum absolute atomic E-state index is 0. The highest BCUT2D eigenvalue weighted by Gasteiger charge is 2.23. The van der Waals surface area contributed by atoms with Crippen LogP contribution in [0, 0.1) is 0 Å². The van der Waals surface area contributed by atoms with Crippen LogP contribution in [0.5, 0.6) is 0 Å². The smallest absolute Gasteiger partial charge is 0.250 e. The first kappa shape index (κ1) is 23.1. The molecule has 0 aromatic heterocycles. The second-order valence-corrected chi connectivity index (χ2v) is 7.57. The molecule has 2 atom stereocenters. The van der Waals surface area contributed by atoms with Crippen LogP contribution in [0.4, 0.5) is 0 Å². The van der Waals surface area contributed by atoms with Crippen LogP contribution >= 0.6 is 12.4 Å². The van der Waals surface area contributed by atoms with E-state index in [1.165, 1.54) is 12.1 Å². The fraction of sp³-hybridized carbons (Fsp3) is 0.278. The van der Waals surface area contributed by atoms with Crippen LogP contribution in [0.15, 0.2) is 65.6 Å². The minimum Gasteiger partial charge on any atom is -0.382 e. The summed E-state index contributed by atoms with van der Waals surface area (Å²) in [7, 11) is -3.62. The molecule has 1 amide bonds. The molecular formula is C18H24ClN3O4S. The van der Waals surface area contributed by atoms with Crippen molar-refractivity contribution in [1.82, 2.24) is 10.0 Å². The van der Waals surface area contributed by atoms with Crippen molar-refractivity contribution in [2.45, 2.75) is 23.5 Å². The van der Waals surface area contributed by atoms with Gasteiger partial charge in [-0.3, -0.25) is 4.79 Å². The number of benzene rings is 2. The van der Waals surface area contributed by atoms with Crippen LogP contribution in [0.1, 0.15) is 5.56 Å². The van der Waals surface area contributed by atoms with Gasteiger partial charge in [0.2, 0.25) is 10.0 Å². The predicted octanol–water partition coefficient (Wildman–Crippen LogP) is 0.434. The van der Waals surface area contributed by atoms with Gasteiger partial charge < -0.3 is 16.2 Å². The number of carbonyl (C=O) groups excluding carboxylic acids is 1. The van der Waals surface area contributed by atoms with E-state index in [0.29, 0.717) is 6.42 Å². The number of aliphatic hydroxyl groups excluding tert-OH is 1. The highest BCUT2D eigenvalue weighted by molar-refractivity contribution is 7.89. The van der Waals surface area contributed by atoms with Crippen LogP contribution in [0.3, 0.4) is 0 Å². The third kappa shape index (κ3) is 7.28. The third-order valence-corrected chi connectivity index (χ3v) is 5.24. The number of carbonyl (C=O) groups is 1. The summed E-state index contributed by atoms with van der Waals surface area (Å²) >= 11 is 0. The van der Waals surface area contributed by atoms with Crippen LogP contribution in [0.25, 0.3) is 0 Å². The third-order valence-electron chi connectivity index (χ3n) is 3.76. The first-order chi connectivity index (χ1) is 12.4. The van der Waals surface area contributed by atoms with Crippen molar-refractivity contribution < 1.29 is 18.3 Å². The van der Waals surface area contributed by atoms with E-state index in [1.807, 2.05) is 30.3 Å². The fourth-order valence-electron chi connectivity index (χ4n) is 2.35. The molecule has 2 aromatic rings. The number of halogens is 1. The van der Waals surface area contributed by atoms with Gasteiger partial charge in [-0.2, -0.15) is 0 Å². The van der Waals surface area contributed by atoms with Crippen molar-refractivity contribution in [3.8, 4) is 0 Å². The number of amides is 1. The Labute approximate surface area is 165 Å². The van der Waals surface area contributed by atoms with Crippen molar-refractivity contribution in [2.24, 2.45) is 5.73 Å². The van der Waals surface area contributed by atoms with Crippen molar-refractivity contribution in [3.63, 3.8) is 0 Å². The molecule has 0 radical (unpaired) electrons. The second-order valence-electron chi connectivity index (χ2n) is 5.80. The molecule has 0 aliphatic rings. The number of nitrogens with one attached hydrogen (secondary N) is 2. The molecule has 5 N–H and O–H groups in total. The van der Waals surface area contributed by atoms with Crippen molar-refractivity contribution in [1.29, 1.82) is 0 Å². The summed E-state index contributed by atoms with van der Waals surface area (Å²) in [4.78, 5) is 12.1. The largest absolute Gasteiger partial charge is 0.382 e. The average Bonchev–Trinajstić information content (AvgIpc) is 2.66. The van der Waals surface area contributed by atoms with Gasteiger partial charge in [-0.25, -0.2) is 13.1 Å². The molecule has 9 heteroatoms. The summed E-state index contributed by atoms with van der Waals surface area (Å²) in [5, 5.41) is 12.5. The molecule has 0 bridgehead atoms. The molecule has 0 saturated heterocycles. The van der Waals surface area contributed by atoms with Gasteiger partial charge in [0.1, 0.15) is 6.10 Å². The average molecular weight is 414 g/mol. The molecule has 0 heterocycles. The van der Waals surface area contributed by atoms with Gasteiger partial charge in [0.05, 0.1) is 4.90 Å². The number of nitrogens with two attached hydrogens (primary N) is 1. The Morgan fingerprint density at radius 2 is 1.56 bits per heavy atom. The lowest BCUT2D eigenvalue weighted by atomic mass is 10.0. The van der Waals surface area contributed by atoms with E-state index in [9.17, 15) is 18.3 Å². The Bertz CT molecular complexity index is 804. The summed E-state index contributed by atoms with van der Waals surface area (Å²) in [5.41, 5.74) is 6.80. The van der Waals surface area contributed by atoms with Crippen LogP contribution in [-0.2, 0) is 21.2 Å². The summed E-state index contributed by atoms with van der Waals surface area (Å²) < 4.78 is 26.4. The van der Waals surface area contributed by atoms with Gasteiger partial charge in [0.25, 0.3) is 5.91 Å². The predicted molar refractivity (Wildman–Crippen MR) is 106 cm³/mol. The van der Waals surface area contributed by atoms with Gasteiger partial charge in [0, 0.05) is 19.1 Å². The summed E-state index contributed by atoms with van der Waals surface area (Å²) in [6, 6.07) is 16.5. The lowest BCUT2D eigenvalue weighted by Crippen LogP contribution is -2.48. The van der Waals surface area contributed by atoms with E-state index in [-0.39, 0.29) is 30.4 Å². The molecule has 148 valence electrons. The molecule has 0 spiro atoms. The Morgan fingerprint density at radius 1 is 1.00 bits per heavy atom. The van der Waals surface area contributed by atoms with Gasteiger partial charge >= 0.3 is 0 Å². The molecule has 2 rings (SSSR count). The minimum atomic E-state index is -3.62. The molecule has 0 unspecified atom stereocenters. The normalized spacial score (nSPS) is 13.3. The molecule has 7 nitrogen and oxygen atoms in total. The summed E-state index contributed by atoms with van der Waals surface area (Å²) in [6.07, 6.45) is -1.02. The van der Waals surface area contributed by atoms with Gasteiger partial charge in [-0.05, 0) is 24.1 Å². The number of rotatable bonds is 9. The maximum absolute atomic E-state index is 12.0. The van der Waals surface area contributed by atoms with E-state index < -0.39 is 28.1 Å². The maximum atomic E-state index is 12.0.